The molecule has 3 rings (SSSR count). The van der Waals surface area contributed by atoms with Crippen molar-refractivity contribution in [3.05, 3.63) is 58.6 Å². The second-order valence-electron chi connectivity index (χ2n) is 4.54. The summed E-state index contributed by atoms with van der Waals surface area (Å²) in [6.45, 7) is 1.72. The summed E-state index contributed by atoms with van der Waals surface area (Å²) in [5.41, 5.74) is 2.75. The molecular weight excluding hydrogens is 298 g/mol. The maximum absolute atomic E-state index is 13.8. The fourth-order valence-electron chi connectivity index (χ4n) is 2.22. The molecule has 0 unspecified atom stereocenters. The van der Waals surface area contributed by atoms with Crippen LogP contribution < -0.4 is 0 Å². The molecule has 1 aromatic heterocycles. The normalized spacial score (nSPS) is 11.2. The summed E-state index contributed by atoms with van der Waals surface area (Å²) < 4.78 is 15.6. The molecule has 0 aliphatic carbocycles. The van der Waals surface area contributed by atoms with Crippen LogP contribution in [0.3, 0.4) is 0 Å². The Labute approximate surface area is 125 Å². The van der Waals surface area contributed by atoms with Crippen molar-refractivity contribution in [3.63, 3.8) is 0 Å². The van der Waals surface area contributed by atoms with E-state index in [1.165, 1.54) is 6.07 Å². The van der Waals surface area contributed by atoms with Crippen LogP contribution >= 0.6 is 23.2 Å². The van der Waals surface area contributed by atoms with E-state index in [0.717, 1.165) is 11.0 Å². The SMILES string of the molecule is Cc1ccc(-n2c(CCl)nc3cccc(Cl)c32)cc1F. The Morgan fingerprint density at radius 3 is 2.75 bits per heavy atom. The Hall–Kier alpha value is -1.58. The van der Waals surface area contributed by atoms with Crippen LogP contribution in [-0.4, -0.2) is 9.55 Å². The summed E-state index contributed by atoms with van der Waals surface area (Å²) in [4.78, 5) is 4.44. The molecule has 0 aliphatic heterocycles. The van der Waals surface area contributed by atoms with E-state index in [4.69, 9.17) is 23.2 Å². The topological polar surface area (TPSA) is 17.8 Å². The number of benzene rings is 2. The van der Waals surface area contributed by atoms with E-state index in [1.807, 2.05) is 18.2 Å². The predicted octanol–water partition coefficient (Wildman–Crippen LogP) is 4.87. The van der Waals surface area contributed by atoms with Crippen LogP contribution in [-0.2, 0) is 5.88 Å². The van der Waals surface area contributed by atoms with E-state index in [9.17, 15) is 4.39 Å². The molecule has 0 bridgehead atoms. The van der Waals surface area contributed by atoms with Crippen molar-refractivity contribution in [3.8, 4) is 5.69 Å². The first-order valence-electron chi connectivity index (χ1n) is 6.10. The molecule has 0 spiro atoms. The van der Waals surface area contributed by atoms with Crippen molar-refractivity contribution in [1.29, 1.82) is 0 Å². The second-order valence-corrected chi connectivity index (χ2v) is 5.21. The molecule has 5 heteroatoms. The van der Waals surface area contributed by atoms with Crippen LogP contribution in [0.15, 0.2) is 36.4 Å². The van der Waals surface area contributed by atoms with Crippen LogP contribution in [0.1, 0.15) is 11.4 Å². The Balaban J connectivity index is 2.36. The highest BCUT2D eigenvalue weighted by molar-refractivity contribution is 6.35. The first-order valence-corrected chi connectivity index (χ1v) is 7.01. The second kappa shape index (κ2) is 5.08. The van der Waals surface area contributed by atoms with Crippen molar-refractivity contribution >= 4 is 34.2 Å². The lowest BCUT2D eigenvalue weighted by molar-refractivity contribution is 0.617. The lowest BCUT2D eigenvalue weighted by Crippen LogP contribution is -2.00. The van der Waals surface area contributed by atoms with Gasteiger partial charge in [0.25, 0.3) is 0 Å². The first-order chi connectivity index (χ1) is 9.61. The first kappa shape index (κ1) is 13.4. The van der Waals surface area contributed by atoms with E-state index in [1.54, 1.807) is 23.6 Å². The van der Waals surface area contributed by atoms with Gasteiger partial charge in [-0.05, 0) is 36.8 Å². The summed E-state index contributed by atoms with van der Waals surface area (Å²) in [6, 6.07) is 10.5. The van der Waals surface area contributed by atoms with Crippen molar-refractivity contribution in [1.82, 2.24) is 9.55 Å². The number of fused-ring (bicyclic) bond motifs is 1. The molecule has 0 saturated heterocycles. The van der Waals surface area contributed by atoms with Gasteiger partial charge >= 0.3 is 0 Å². The number of imidazole rings is 1. The molecule has 0 fully saturated rings. The van der Waals surface area contributed by atoms with Gasteiger partial charge in [0.15, 0.2) is 0 Å². The van der Waals surface area contributed by atoms with Gasteiger partial charge in [0.1, 0.15) is 11.6 Å². The lowest BCUT2D eigenvalue weighted by Gasteiger charge is -2.09. The summed E-state index contributed by atoms with van der Waals surface area (Å²) in [5.74, 6) is 0.593. The molecule has 102 valence electrons. The van der Waals surface area contributed by atoms with Gasteiger partial charge in [-0.15, -0.1) is 11.6 Å². The number of hydrogen-bond acceptors (Lipinski definition) is 1. The van der Waals surface area contributed by atoms with Crippen LogP contribution in [0.4, 0.5) is 4.39 Å². The molecule has 0 radical (unpaired) electrons. The van der Waals surface area contributed by atoms with Gasteiger partial charge in [-0.1, -0.05) is 23.7 Å². The predicted molar refractivity (Wildman–Crippen MR) is 80.3 cm³/mol. The molecule has 20 heavy (non-hydrogen) atoms. The molecule has 3 aromatic rings. The molecule has 0 amide bonds. The monoisotopic (exact) mass is 308 g/mol. The molecule has 2 aromatic carbocycles. The highest BCUT2D eigenvalue weighted by Crippen LogP contribution is 2.29. The molecule has 0 saturated carbocycles. The zero-order chi connectivity index (χ0) is 14.3. The van der Waals surface area contributed by atoms with Gasteiger partial charge in [0.2, 0.25) is 0 Å². The van der Waals surface area contributed by atoms with Gasteiger partial charge in [-0.25, -0.2) is 9.37 Å². The van der Waals surface area contributed by atoms with Gasteiger partial charge in [0.05, 0.1) is 27.6 Å². The van der Waals surface area contributed by atoms with E-state index < -0.39 is 0 Å². The lowest BCUT2D eigenvalue weighted by atomic mass is 10.2. The zero-order valence-corrected chi connectivity index (χ0v) is 12.2. The van der Waals surface area contributed by atoms with E-state index >= 15 is 0 Å². The highest BCUT2D eigenvalue weighted by atomic mass is 35.5. The quantitative estimate of drug-likeness (QED) is 0.618. The standard InChI is InChI=1S/C15H11Cl2FN2/c1-9-5-6-10(7-12(9)18)20-14(8-16)19-13-4-2-3-11(17)15(13)20/h2-7H,8H2,1H3. The Kier molecular flexibility index (Phi) is 3.40. The van der Waals surface area contributed by atoms with Crippen molar-refractivity contribution in [2.75, 3.05) is 0 Å². The third kappa shape index (κ3) is 2.07. The van der Waals surface area contributed by atoms with Gasteiger partial charge in [-0.2, -0.15) is 0 Å². The van der Waals surface area contributed by atoms with E-state index in [2.05, 4.69) is 4.98 Å². The van der Waals surface area contributed by atoms with Crippen LogP contribution in [0.5, 0.6) is 0 Å². The van der Waals surface area contributed by atoms with Gasteiger partial charge in [0, 0.05) is 0 Å². The van der Waals surface area contributed by atoms with Crippen molar-refractivity contribution < 1.29 is 4.39 Å². The van der Waals surface area contributed by atoms with E-state index in [-0.39, 0.29) is 11.7 Å². The van der Waals surface area contributed by atoms with Gasteiger partial charge in [-0.3, -0.25) is 4.57 Å². The third-order valence-corrected chi connectivity index (χ3v) is 3.77. The van der Waals surface area contributed by atoms with Crippen LogP contribution in [0.25, 0.3) is 16.7 Å². The maximum Gasteiger partial charge on any atom is 0.129 e. The molecule has 0 aliphatic rings. The Morgan fingerprint density at radius 2 is 2.05 bits per heavy atom. The zero-order valence-electron chi connectivity index (χ0n) is 10.7. The molecule has 0 N–H and O–H groups in total. The summed E-state index contributed by atoms with van der Waals surface area (Å²) in [5, 5.41) is 0.562. The number of aromatic nitrogens is 2. The van der Waals surface area contributed by atoms with Gasteiger partial charge < -0.3 is 0 Å². The van der Waals surface area contributed by atoms with Crippen LogP contribution in [0.2, 0.25) is 5.02 Å². The largest absolute Gasteiger partial charge is 0.294 e. The summed E-state index contributed by atoms with van der Waals surface area (Å²) in [7, 11) is 0. The Bertz CT molecular complexity index is 796. The summed E-state index contributed by atoms with van der Waals surface area (Å²) >= 11 is 12.2. The van der Waals surface area contributed by atoms with Crippen molar-refractivity contribution in [2.45, 2.75) is 12.8 Å². The number of alkyl halides is 1. The fraction of sp³-hybridized carbons (Fsp3) is 0.133. The van der Waals surface area contributed by atoms with Crippen molar-refractivity contribution in [2.24, 2.45) is 0 Å². The molecule has 1 heterocycles. The molecular formula is C15H11Cl2FN2. The third-order valence-electron chi connectivity index (χ3n) is 3.23. The summed E-state index contributed by atoms with van der Waals surface area (Å²) in [6.07, 6.45) is 0. The Morgan fingerprint density at radius 1 is 1.25 bits per heavy atom. The fourth-order valence-corrected chi connectivity index (χ4v) is 2.66. The number of para-hydroxylation sites is 1. The number of nitrogens with zero attached hydrogens (tertiary/aromatic N) is 2. The number of rotatable bonds is 2. The van der Waals surface area contributed by atoms with E-state index in [0.29, 0.717) is 22.1 Å². The minimum Gasteiger partial charge on any atom is -0.294 e. The average Bonchev–Trinajstić information content (AvgIpc) is 2.82. The highest BCUT2D eigenvalue weighted by Gasteiger charge is 2.15. The maximum atomic E-state index is 13.8. The molecule has 0 atom stereocenters. The average molecular weight is 309 g/mol. The van der Waals surface area contributed by atoms with Crippen LogP contribution in [0, 0.1) is 12.7 Å². The minimum absolute atomic E-state index is 0.223. The number of halogens is 3. The smallest absolute Gasteiger partial charge is 0.129 e. The number of aryl methyl sites for hydroxylation is 1. The minimum atomic E-state index is -0.267. The number of hydrogen-bond donors (Lipinski definition) is 0. The molecule has 2 nitrogen and oxygen atoms in total.